The number of hydrogen-bond donors (Lipinski definition) is 2. The van der Waals surface area contributed by atoms with Gasteiger partial charge in [0.1, 0.15) is 5.82 Å². The molecule has 0 fully saturated rings. The van der Waals surface area contributed by atoms with E-state index in [2.05, 4.69) is 22.2 Å². The van der Waals surface area contributed by atoms with Gasteiger partial charge in [0.2, 0.25) is 0 Å². The van der Waals surface area contributed by atoms with Crippen molar-refractivity contribution in [1.82, 2.24) is 15.3 Å². The van der Waals surface area contributed by atoms with Crippen LogP contribution >= 0.6 is 23.2 Å². The summed E-state index contributed by atoms with van der Waals surface area (Å²) >= 11 is 11.9. The van der Waals surface area contributed by atoms with Crippen LogP contribution in [0.25, 0.3) is 11.0 Å². The van der Waals surface area contributed by atoms with E-state index in [1.807, 2.05) is 6.07 Å². The summed E-state index contributed by atoms with van der Waals surface area (Å²) in [5.41, 5.74) is 1.79. The van der Waals surface area contributed by atoms with Crippen LogP contribution in [0.2, 0.25) is 10.0 Å². The second-order valence-electron chi connectivity index (χ2n) is 3.57. The highest BCUT2D eigenvalue weighted by molar-refractivity contribution is 6.42. The molecule has 0 saturated carbocycles. The Balaban J connectivity index is 2.23. The van der Waals surface area contributed by atoms with Gasteiger partial charge in [-0.15, -0.1) is 0 Å². The molecule has 0 aliphatic rings. The second-order valence-corrected chi connectivity index (χ2v) is 4.38. The van der Waals surface area contributed by atoms with E-state index in [1.54, 1.807) is 6.07 Å². The molecule has 2 N–H and O–H groups in total. The Kier molecular flexibility index (Phi) is 3.69. The zero-order valence-electron chi connectivity index (χ0n) is 8.98. The van der Waals surface area contributed by atoms with Crippen molar-refractivity contribution in [1.29, 1.82) is 0 Å². The van der Waals surface area contributed by atoms with Crippen molar-refractivity contribution in [3.05, 3.63) is 28.0 Å². The number of hydrogen-bond acceptors (Lipinski definition) is 2. The molecule has 0 bridgehead atoms. The molecular formula is C11H13Cl2N3. The number of nitrogens with one attached hydrogen (secondary N) is 2. The monoisotopic (exact) mass is 257 g/mol. The lowest BCUT2D eigenvalue weighted by Crippen LogP contribution is -2.16. The number of aromatic nitrogens is 2. The molecule has 0 atom stereocenters. The number of imidazole rings is 1. The molecule has 0 aliphatic carbocycles. The zero-order chi connectivity index (χ0) is 11.5. The average molecular weight is 258 g/mol. The first-order chi connectivity index (χ1) is 7.70. The highest BCUT2D eigenvalue weighted by Gasteiger charge is 2.06. The first-order valence-electron chi connectivity index (χ1n) is 5.25. The molecule has 86 valence electrons. The molecule has 1 aromatic heterocycles. The van der Waals surface area contributed by atoms with E-state index in [1.165, 1.54) is 0 Å². The van der Waals surface area contributed by atoms with Gasteiger partial charge >= 0.3 is 0 Å². The minimum atomic E-state index is 0.541. The van der Waals surface area contributed by atoms with E-state index in [0.29, 0.717) is 10.0 Å². The molecule has 1 aromatic carbocycles. The SMILES string of the molecule is CCNCCc1nc2cc(Cl)c(Cl)cc2[nH]1. The maximum atomic E-state index is 5.93. The first-order valence-corrected chi connectivity index (χ1v) is 6.00. The molecule has 0 radical (unpaired) electrons. The fourth-order valence-corrected chi connectivity index (χ4v) is 1.88. The fraction of sp³-hybridized carbons (Fsp3) is 0.364. The fourth-order valence-electron chi connectivity index (χ4n) is 1.56. The van der Waals surface area contributed by atoms with Gasteiger partial charge in [0.15, 0.2) is 0 Å². The predicted octanol–water partition coefficient (Wildman–Crippen LogP) is 3.02. The number of benzene rings is 1. The van der Waals surface area contributed by atoms with Gasteiger partial charge in [-0.3, -0.25) is 0 Å². The summed E-state index contributed by atoms with van der Waals surface area (Å²) in [6.45, 7) is 3.97. The van der Waals surface area contributed by atoms with E-state index >= 15 is 0 Å². The van der Waals surface area contributed by atoms with Crippen LogP contribution in [0.3, 0.4) is 0 Å². The first kappa shape index (κ1) is 11.7. The Morgan fingerprint density at radius 2 is 2.06 bits per heavy atom. The maximum Gasteiger partial charge on any atom is 0.108 e. The van der Waals surface area contributed by atoms with Crippen molar-refractivity contribution < 1.29 is 0 Å². The largest absolute Gasteiger partial charge is 0.342 e. The molecule has 16 heavy (non-hydrogen) atoms. The number of H-pyrrole nitrogens is 1. The summed E-state index contributed by atoms with van der Waals surface area (Å²) in [5.74, 6) is 0.953. The molecule has 0 spiro atoms. The van der Waals surface area contributed by atoms with Gasteiger partial charge < -0.3 is 10.3 Å². The number of halogens is 2. The summed E-state index contributed by atoms with van der Waals surface area (Å²) in [6.07, 6.45) is 0.873. The number of fused-ring (bicyclic) bond motifs is 1. The van der Waals surface area contributed by atoms with Crippen LogP contribution in [0.15, 0.2) is 12.1 Å². The number of aromatic amines is 1. The van der Waals surface area contributed by atoms with Crippen LogP contribution in [0.4, 0.5) is 0 Å². The summed E-state index contributed by atoms with van der Waals surface area (Å²) in [6, 6.07) is 3.59. The van der Waals surface area contributed by atoms with Crippen LogP contribution in [0.1, 0.15) is 12.7 Å². The number of nitrogens with zero attached hydrogens (tertiary/aromatic N) is 1. The normalized spacial score (nSPS) is 11.2. The van der Waals surface area contributed by atoms with Gasteiger partial charge in [0.25, 0.3) is 0 Å². The van der Waals surface area contributed by atoms with Crippen molar-refractivity contribution in [3.8, 4) is 0 Å². The molecule has 0 unspecified atom stereocenters. The average Bonchev–Trinajstić information content (AvgIpc) is 2.61. The van der Waals surface area contributed by atoms with Crippen LogP contribution in [0.5, 0.6) is 0 Å². The van der Waals surface area contributed by atoms with Gasteiger partial charge in [0, 0.05) is 13.0 Å². The van der Waals surface area contributed by atoms with Gasteiger partial charge in [-0.1, -0.05) is 30.1 Å². The smallest absolute Gasteiger partial charge is 0.108 e. The van der Waals surface area contributed by atoms with Crippen LogP contribution in [-0.4, -0.2) is 23.1 Å². The number of rotatable bonds is 4. The third-order valence-electron chi connectivity index (χ3n) is 2.36. The lowest BCUT2D eigenvalue weighted by Gasteiger charge is -1.96. The molecule has 0 saturated heterocycles. The van der Waals surface area contributed by atoms with Gasteiger partial charge in [-0.05, 0) is 18.7 Å². The topological polar surface area (TPSA) is 40.7 Å². The van der Waals surface area contributed by atoms with E-state index in [9.17, 15) is 0 Å². The third kappa shape index (κ3) is 2.48. The van der Waals surface area contributed by atoms with Crippen molar-refractivity contribution in [3.63, 3.8) is 0 Å². The lowest BCUT2D eigenvalue weighted by atomic mass is 10.3. The summed E-state index contributed by atoms with van der Waals surface area (Å²) in [5, 5.41) is 4.34. The predicted molar refractivity (Wildman–Crippen MR) is 68.4 cm³/mol. The quantitative estimate of drug-likeness (QED) is 0.827. The molecule has 0 amide bonds. The third-order valence-corrected chi connectivity index (χ3v) is 3.08. The maximum absolute atomic E-state index is 5.93. The van der Waals surface area contributed by atoms with E-state index in [0.717, 1.165) is 36.4 Å². The minimum absolute atomic E-state index is 0.541. The van der Waals surface area contributed by atoms with Crippen LogP contribution < -0.4 is 5.32 Å². The van der Waals surface area contributed by atoms with Gasteiger partial charge in [-0.25, -0.2) is 4.98 Å². The summed E-state index contributed by atoms with van der Waals surface area (Å²) in [7, 11) is 0. The second kappa shape index (κ2) is 5.04. The van der Waals surface area contributed by atoms with Crippen molar-refractivity contribution in [2.45, 2.75) is 13.3 Å². The Morgan fingerprint density at radius 3 is 2.81 bits per heavy atom. The van der Waals surface area contributed by atoms with E-state index in [-0.39, 0.29) is 0 Å². The van der Waals surface area contributed by atoms with Gasteiger partial charge in [-0.2, -0.15) is 0 Å². The van der Waals surface area contributed by atoms with Crippen molar-refractivity contribution in [2.24, 2.45) is 0 Å². The van der Waals surface area contributed by atoms with Crippen molar-refractivity contribution in [2.75, 3.05) is 13.1 Å². The molecule has 2 rings (SSSR count). The summed E-state index contributed by atoms with van der Waals surface area (Å²) < 4.78 is 0. The molecule has 5 heteroatoms. The molecule has 1 heterocycles. The van der Waals surface area contributed by atoms with Crippen LogP contribution in [0, 0.1) is 0 Å². The molecule has 3 nitrogen and oxygen atoms in total. The molecule has 2 aromatic rings. The highest BCUT2D eigenvalue weighted by atomic mass is 35.5. The highest BCUT2D eigenvalue weighted by Crippen LogP contribution is 2.26. The Bertz CT molecular complexity index is 454. The van der Waals surface area contributed by atoms with Gasteiger partial charge in [0.05, 0.1) is 21.1 Å². The molecule has 0 aliphatic heterocycles. The standard InChI is InChI=1S/C11H13Cl2N3/c1-2-14-4-3-11-15-9-5-7(12)8(13)6-10(9)16-11/h5-6,14H,2-4H2,1H3,(H,15,16). The minimum Gasteiger partial charge on any atom is -0.342 e. The lowest BCUT2D eigenvalue weighted by molar-refractivity contribution is 0.702. The summed E-state index contributed by atoms with van der Waals surface area (Å²) in [4.78, 5) is 7.68. The Labute approximate surface area is 104 Å². The number of likely N-dealkylation sites (N-methyl/N-ethyl adjacent to an activating group) is 1. The molecular weight excluding hydrogens is 245 g/mol. The zero-order valence-corrected chi connectivity index (χ0v) is 10.5. The Morgan fingerprint density at radius 1 is 1.31 bits per heavy atom. The van der Waals surface area contributed by atoms with Crippen molar-refractivity contribution >= 4 is 34.2 Å². The van der Waals surface area contributed by atoms with E-state index in [4.69, 9.17) is 23.2 Å². The Hall–Kier alpha value is -0.770. The van der Waals surface area contributed by atoms with E-state index < -0.39 is 0 Å². The van der Waals surface area contributed by atoms with Crippen LogP contribution in [-0.2, 0) is 6.42 Å².